The molecule has 112 valence electrons. The summed E-state index contributed by atoms with van der Waals surface area (Å²) in [5.74, 6) is -0.0771. The smallest absolute Gasteiger partial charge is 0.207 e. The highest BCUT2D eigenvalue weighted by Gasteiger charge is 2.23. The van der Waals surface area contributed by atoms with Crippen molar-refractivity contribution in [2.45, 2.75) is 37.5 Å². The lowest BCUT2D eigenvalue weighted by atomic mass is 10.1. The Hall–Kier alpha value is -2.01. The van der Waals surface area contributed by atoms with E-state index in [1.54, 1.807) is 33.8 Å². The largest absolute Gasteiger partial charge is 0.508 e. The van der Waals surface area contributed by atoms with Gasteiger partial charge in [0.15, 0.2) is 0 Å². The highest BCUT2D eigenvalue weighted by Crippen LogP contribution is 2.33. The standard InChI is InChI=1S/C16H18O4S/c1-9-5-6-15(12(4)16(9)18)21(19,20)13-7-10(2)11(3)14(17)8-13/h5-8,17-18H,1-4H3. The number of phenolic OH excluding ortho intramolecular Hbond substituents is 2. The van der Waals surface area contributed by atoms with Gasteiger partial charge in [-0.05, 0) is 62.6 Å². The molecule has 2 rings (SSSR count). The van der Waals surface area contributed by atoms with Gasteiger partial charge in [0.1, 0.15) is 11.5 Å². The lowest BCUT2D eigenvalue weighted by Gasteiger charge is -2.13. The molecule has 2 aromatic rings. The fourth-order valence-corrected chi connectivity index (χ4v) is 3.80. The van der Waals surface area contributed by atoms with Crippen molar-refractivity contribution < 1.29 is 18.6 Å². The van der Waals surface area contributed by atoms with Crippen molar-refractivity contribution in [3.05, 3.63) is 46.5 Å². The fourth-order valence-electron chi connectivity index (χ4n) is 2.20. The van der Waals surface area contributed by atoms with Crippen molar-refractivity contribution in [2.24, 2.45) is 0 Å². The number of aryl methyl sites for hydroxylation is 2. The van der Waals surface area contributed by atoms with E-state index in [4.69, 9.17) is 0 Å². The molecule has 2 aromatic carbocycles. The molecule has 0 aliphatic carbocycles. The second-order valence-corrected chi connectivity index (χ2v) is 7.16. The van der Waals surface area contributed by atoms with E-state index in [9.17, 15) is 18.6 Å². The van der Waals surface area contributed by atoms with Crippen LogP contribution in [0.2, 0.25) is 0 Å². The maximum Gasteiger partial charge on any atom is 0.207 e. The molecule has 0 spiro atoms. The Morgan fingerprint density at radius 3 is 2.05 bits per heavy atom. The van der Waals surface area contributed by atoms with Gasteiger partial charge in [0.05, 0.1) is 9.79 Å². The van der Waals surface area contributed by atoms with Gasteiger partial charge in [0, 0.05) is 5.56 Å². The van der Waals surface area contributed by atoms with Crippen molar-refractivity contribution >= 4 is 9.84 Å². The normalized spacial score (nSPS) is 11.6. The molecule has 0 amide bonds. The molecular formula is C16H18O4S. The molecular weight excluding hydrogens is 288 g/mol. The third kappa shape index (κ3) is 2.49. The topological polar surface area (TPSA) is 74.6 Å². The van der Waals surface area contributed by atoms with Gasteiger partial charge in [-0.1, -0.05) is 6.07 Å². The predicted octanol–water partition coefficient (Wildman–Crippen LogP) is 3.16. The average molecular weight is 306 g/mol. The summed E-state index contributed by atoms with van der Waals surface area (Å²) < 4.78 is 25.4. The molecule has 0 aromatic heterocycles. The van der Waals surface area contributed by atoms with Crippen LogP contribution in [0, 0.1) is 27.7 Å². The number of sulfone groups is 1. The van der Waals surface area contributed by atoms with Crippen LogP contribution in [-0.4, -0.2) is 18.6 Å². The van der Waals surface area contributed by atoms with Gasteiger partial charge in [-0.2, -0.15) is 0 Å². The van der Waals surface area contributed by atoms with Crippen LogP contribution in [0.15, 0.2) is 34.1 Å². The monoisotopic (exact) mass is 306 g/mol. The van der Waals surface area contributed by atoms with Crippen LogP contribution in [0.4, 0.5) is 0 Å². The summed E-state index contributed by atoms with van der Waals surface area (Å²) in [4.78, 5) is 0.0720. The first kappa shape index (κ1) is 15.4. The number of phenols is 2. The van der Waals surface area contributed by atoms with Crippen LogP contribution in [0.5, 0.6) is 11.5 Å². The summed E-state index contributed by atoms with van der Waals surface area (Å²) in [6.45, 7) is 6.74. The van der Waals surface area contributed by atoms with Gasteiger partial charge in [-0.3, -0.25) is 0 Å². The maximum absolute atomic E-state index is 12.7. The summed E-state index contributed by atoms with van der Waals surface area (Å²) in [5.41, 5.74) is 2.28. The third-order valence-corrected chi connectivity index (χ3v) is 5.67. The van der Waals surface area contributed by atoms with Gasteiger partial charge < -0.3 is 10.2 Å². The maximum atomic E-state index is 12.7. The van der Waals surface area contributed by atoms with Crippen LogP contribution in [0.3, 0.4) is 0 Å². The molecule has 0 aliphatic heterocycles. The molecule has 0 bridgehead atoms. The van der Waals surface area contributed by atoms with E-state index in [1.165, 1.54) is 18.2 Å². The van der Waals surface area contributed by atoms with Gasteiger partial charge in [-0.25, -0.2) is 8.42 Å². The van der Waals surface area contributed by atoms with Crippen molar-refractivity contribution in [3.63, 3.8) is 0 Å². The van der Waals surface area contributed by atoms with E-state index in [0.29, 0.717) is 22.3 Å². The summed E-state index contributed by atoms with van der Waals surface area (Å²) in [6, 6.07) is 5.82. The minimum absolute atomic E-state index is 0.0226. The van der Waals surface area contributed by atoms with Gasteiger partial charge in [-0.15, -0.1) is 0 Å². The first-order chi connectivity index (χ1) is 9.66. The predicted molar refractivity (Wildman–Crippen MR) is 80.6 cm³/mol. The molecule has 0 saturated heterocycles. The number of hydrogen-bond donors (Lipinski definition) is 2. The van der Waals surface area contributed by atoms with E-state index in [2.05, 4.69) is 0 Å². The van der Waals surface area contributed by atoms with Crippen LogP contribution in [0.25, 0.3) is 0 Å². The fraction of sp³-hybridized carbons (Fsp3) is 0.250. The van der Waals surface area contributed by atoms with E-state index in [-0.39, 0.29) is 21.3 Å². The molecule has 0 atom stereocenters. The average Bonchev–Trinajstić information content (AvgIpc) is 2.41. The molecule has 5 heteroatoms. The second kappa shape index (κ2) is 5.07. The zero-order valence-electron chi connectivity index (χ0n) is 12.4. The SMILES string of the molecule is Cc1cc(S(=O)(=O)c2ccc(C)c(O)c2C)cc(O)c1C. The minimum atomic E-state index is -3.79. The molecule has 21 heavy (non-hydrogen) atoms. The molecule has 0 radical (unpaired) electrons. The third-order valence-electron chi connectivity index (χ3n) is 3.80. The Labute approximate surface area is 124 Å². The summed E-state index contributed by atoms with van der Waals surface area (Å²) in [6.07, 6.45) is 0. The number of rotatable bonds is 2. The zero-order chi connectivity index (χ0) is 15.9. The molecule has 0 heterocycles. The second-order valence-electron chi connectivity index (χ2n) is 5.24. The minimum Gasteiger partial charge on any atom is -0.508 e. The summed E-state index contributed by atoms with van der Waals surface area (Å²) >= 11 is 0. The highest BCUT2D eigenvalue weighted by molar-refractivity contribution is 7.91. The molecule has 4 nitrogen and oxygen atoms in total. The van der Waals surface area contributed by atoms with Gasteiger partial charge in [0.25, 0.3) is 0 Å². The first-order valence-electron chi connectivity index (χ1n) is 6.50. The molecule has 0 saturated carbocycles. The van der Waals surface area contributed by atoms with Crippen molar-refractivity contribution in [2.75, 3.05) is 0 Å². The van der Waals surface area contributed by atoms with E-state index >= 15 is 0 Å². The lowest BCUT2D eigenvalue weighted by Crippen LogP contribution is -2.05. The van der Waals surface area contributed by atoms with Crippen molar-refractivity contribution in [3.8, 4) is 11.5 Å². The number of benzene rings is 2. The molecule has 0 fully saturated rings. The lowest BCUT2D eigenvalue weighted by molar-refractivity contribution is 0.464. The summed E-state index contributed by atoms with van der Waals surface area (Å²) in [7, 11) is -3.79. The van der Waals surface area contributed by atoms with Gasteiger partial charge in [0.2, 0.25) is 9.84 Å². The highest BCUT2D eigenvalue weighted by atomic mass is 32.2. The first-order valence-corrected chi connectivity index (χ1v) is 7.99. The Kier molecular flexibility index (Phi) is 3.72. The number of aromatic hydroxyl groups is 2. The number of hydrogen-bond acceptors (Lipinski definition) is 4. The van der Waals surface area contributed by atoms with Crippen LogP contribution < -0.4 is 0 Å². The molecule has 2 N–H and O–H groups in total. The van der Waals surface area contributed by atoms with Crippen molar-refractivity contribution in [1.29, 1.82) is 0 Å². The van der Waals surface area contributed by atoms with Crippen molar-refractivity contribution in [1.82, 2.24) is 0 Å². The van der Waals surface area contributed by atoms with E-state index < -0.39 is 9.84 Å². The molecule has 0 unspecified atom stereocenters. The Morgan fingerprint density at radius 1 is 0.857 bits per heavy atom. The molecule has 0 aliphatic rings. The Bertz CT molecular complexity index is 797. The Balaban J connectivity index is 2.72. The zero-order valence-corrected chi connectivity index (χ0v) is 13.2. The van der Waals surface area contributed by atoms with E-state index in [0.717, 1.165) is 0 Å². The summed E-state index contributed by atoms with van der Waals surface area (Å²) in [5, 5.41) is 19.8. The van der Waals surface area contributed by atoms with Crippen LogP contribution in [0.1, 0.15) is 22.3 Å². The van der Waals surface area contributed by atoms with Gasteiger partial charge >= 0.3 is 0 Å². The van der Waals surface area contributed by atoms with Crippen LogP contribution in [-0.2, 0) is 9.84 Å². The quantitative estimate of drug-likeness (QED) is 0.893. The van der Waals surface area contributed by atoms with E-state index in [1.807, 2.05) is 0 Å². The van der Waals surface area contributed by atoms with Crippen LogP contribution >= 0.6 is 0 Å². The Morgan fingerprint density at radius 2 is 1.48 bits per heavy atom.